The molecule has 0 bridgehead atoms. The van der Waals surface area contributed by atoms with Crippen molar-refractivity contribution in [2.75, 3.05) is 36.4 Å². The number of nitrogens with zero attached hydrogens (tertiary/aromatic N) is 3. The molecular formula is C21H26FN5O. The fourth-order valence-corrected chi connectivity index (χ4v) is 3.83. The Hall–Kier alpha value is -2.70. The number of aromatic nitrogens is 2. The van der Waals surface area contributed by atoms with E-state index in [9.17, 15) is 9.18 Å². The Morgan fingerprint density at radius 3 is 2.54 bits per heavy atom. The van der Waals surface area contributed by atoms with Gasteiger partial charge in [0, 0.05) is 32.2 Å². The maximum atomic E-state index is 13.1. The summed E-state index contributed by atoms with van der Waals surface area (Å²) >= 11 is 0. The molecule has 1 amide bonds. The zero-order valence-corrected chi connectivity index (χ0v) is 16.2. The Morgan fingerprint density at radius 2 is 1.86 bits per heavy atom. The standard InChI is InChI=1S/C21H26FN5O/c1-15-25-18(14-19(26-15)27-12-2-3-13-27)23-10-11-24-20(28)21(8-9-21)16-4-6-17(22)7-5-16/h4-7,14H,2-3,8-13H2,1H3,(H,24,28)(H,23,25,26). The molecule has 1 saturated heterocycles. The summed E-state index contributed by atoms with van der Waals surface area (Å²) in [5, 5.41) is 6.29. The first-order chi connectivity index (χ1) is 13.6. The van der Waals surface area contributed by atoms with Crippen LogP contribution in [0.25, 0.3) is 0 Å². The van der Waals surface area contributed by atoms with Crippen LogP contribution in [0.15, 0.2) is 30.3 Å². The van der Waals surface area contributed by atoms with Gasteiger partial charge in [-0.25, -0.2) is 14.4 Å². The van der Waals surface area contributed by atoms with E-state index in [1.54, 1.807) is 12.1 Å². The number of nitrogens with one attached hydrogen (secondary N) is 2. The van der Waals surface area contributed by atoms with Gasteiger partial charge in [0.05, 0.1) is 5.41 Å². The highest BCUT2D eigenvalue weighted by molar-refractivity contribution is 5.91. The lowest BCUT2D eigenvalue weighted by Gasteiger charge is -2.18. The average Bonchev–Trinajstić information content (AvgIpc) is 3.31. The molecule has 1 aliphatic heterocycles. The van der Waals surface area contributed by atoms with Crippen LogP contribution in [-0.2, 0) is 10.2 Å². The molecule has 7 heteroatoms. The predicted octanol–water partition coefficient (Wildman–Crippen LogP) is 2.78. The number of aryl methyl sites for hydroxylation is 1. The fraction of sp³-hybridized carbons (Fsp3) is 0.476. The third-order valence-corrected chi connectivity index (χ3v) is 5.55. The average molecular weight is 383 g/mol. The molecule has 2 fully saturated rings. The molecule has 1 aromatic carbocycles. The minimum atomic E-state index is -0.484. The molecule has 1 saturated carbocycles. The van der Waals surface area contributed by atoms with Crippen LogP contribution in [0.1, 0.15) is 37.1 Å². The van der Waals surface area contributed by atoms with Crippen LogP contribution in [0.4, 0.5) is 16.0 Å². The first-order valence-electron chi connectivity index (χ1n) is 9.96. The molecule has 6 nitrogen and oxygen atoms in total. The molecule has 2 N–H and O–H groups in total. The van der Waals surface area contributed by atoms with E-state index in [4.69, 9.17) is 0 Å². The van der Waals surface area contributed by atoms with Crippen molar-refractivity contribution in [1.82, 2.24) is 15.3 Å². The van der Waals surface area contributed by atoms with Crippen LogP contribution in [0.5, 0.6) is 0 Å². The second-order valence-corrected chi connectivity index (χ2v) is 7.62. The summed E-state index contributed by atoms with van der Waals surface area (Å²) in [6, 6.07) is 8.23. The van der Waals surface area contributed by atoms with Gasteiger partial charge in [-0.1, -0.05) is 12.1 Å². The molecule has 1 aromatic heterocycles. The summed E-state index contributed by atoms with van der Waals surface area (Å²) in [5.74, 6) is 2.22. The largest absolute Gasteiger partial charge is 0.368 e. The summed E-state index contributed by atoms with van der Waals surface area (Å²) in [4.78, 5) is 23.9. The number of benzene rings is 1. The molecule has 28 heavy (non-hydrogen) atoms. The summed E-state index contributed by atoms with van der Waals surface area (Å²) in [6.07, 6.45) is 4.02. The van der Waals surface area contributed by atoms with Crippen LogP contribution >= 0.6 is 0 Å². The number of carbonyl (C=O) groups is 1. The first kappa shape index (κ1) is 18.7. The van der Waals surface area contributed by atoms with Gasteiger partial charge in [-0.15, -0.1) is 0 Å². The highest BCUT2D eigenvalue weighted by Crippen LogP contribution is 2.48. The summed E-state index contributed by atoms with van der Waals surface area (Å²) in [5.41, 5.74) is 0.406. The maximum absolute atomic E-state index is 13.1. The van der Waals surface area contributed by atoms with Crippen LogP contribution in [0, 0.1) is 12.7 Å². The van der Waals surface area contributed by atoms with Crippen molar-refractivity contribution < 1.29 is 9.18 Å². The lowest BCUT2D eigenvalue weighted by atomic mass is 9.95. The molecule has 2 aliphatic rings. The molecular weight excluding hydrogens is 357 g/mol. The Bertz CT molecular complexity index is 844. The van der Waals surface area contributed by atoms with Crippen molar-refractivity contribution in [2.24, 2.45) is 0 Å². The zero-order valence-electron chi connectivity index (χ0n) is 16.2. The Labute approximate surface area is 164 Å². The van der Waals surface area contributed by atoms with E-state index in [2.05, 4.69) is 25.5 Å². The van der Waals surface area contributed by atoms with E-state index in [0.29, 0.717) is 13.1 Å². The van der Waals surface area contributed by atoms with E-state index < -0.39 is 5.41 Å². The van der Waals surface area contributed by atoms with E-state index in [0.717, 1.165) is 49.0 Å². The molecule has 0 atom stereocenters. The second-order valence-electron chi connectivity index (χ2n) is 7.62. The Morgan fingerprint density at radius 1 is 1.14 bits per heavy atom. The molecule has 2 aromatic rings. The number of carbonyl (C=O) groups excluding carboxylic acids is 1. The molecule has 0 unspecified atom stereocenters. The zero-order chi connectivity index (χ0) is 19.6. The van der Waals surface area contributed by atoms with Gasteiger partial charge in [0.25, 0.3) is 0 Å². The highest BCUT2D eigenvalue weighted by atomic mass is 19.1. The van der Waals surface area contributed by atoms with Gasteiger partial charge in [0.2, 0.25) is 5.91 Å². The van der Waals surface area contributed by atoms with Crippen molar-refractivity contribution in [2.45, 2.75) is 38.0 Å². The molecule has 148 valence electrons. The van der Waals surface area contributed by atoms with Gasteiger partial charge < -0.3 is 15.5 Å². The number of amides is 1. The first-order valence-corrected chi connectivity index (χ1v) is 9.96. The van der Waals surface area contributed by atoms with Crippen molar-refractivity contribution in [3.8, 4) is 0 Å². The van der Waals surface area contributed by atoms with Crippen LogP contribution in [0.3, 0.4) is 0 Å². The lowest BCUT2D eigenvalue weighted by molar-refractivity contribution is -0.123. The van der Waals surface area contributed by atoms with E-state index in [1.165, 1.54) is 25.0 Å². The Kier molecular flexibility index (Phi) is 5.15. The van der Waals surface area contributed by atoms with Gasteiger partial charge in [-0.2, -0.15) is 0 Å². The number of hydrogen-bond acceptors (Lipinski definition) is 5. The third kappa shape index (κ3) is 3.93. The highest BCUT2D eigenvalue weighted by Gasteiger charge is 2.50. The smallest absolute Gasteiger partial charge is 0.230 e. The summed E-state index contributed by atoms with van der Waals surface area (Å²) in [6.45, 7) is 5.06. The molecule has 0 radical (unpaired) electrons. The minimum Gasteiger partial charge on any atom is -0.368 e. The van der Waals surface area contributed by atoms with Crippen LogP contribution in [-0.4, -0.2) is 42.1 Å². The van der Waals surface area contributed by atoms with Crippen molar-refractivity contribution >= 4 is 17.5 Å². The van der Waals surface area contributed by atoms with E-state index in [-0.39, 0.29) is 11.7 Å². The van der Waals surface area contributed by atoms with Gasteiger partial charge in [0.1, 0.15) is 23.3 Å². The van der Waals surface area contributed by atoms with Gasteiger partial charge in [-0.05, 0) is 50.3 Å². The molecule has 4 rings (SSSR count). The van der Waals surface area contributed by atoms with Crippen molar-refractivity contribution in [3.63, 3.8) is 0 Å². The van der Waals surface area contributed by atoms with Crippen LogP contribution in [0.2, 0.25) is 0 Å². The maximum Gasteiger partial charge on any atom is 0.230 e. The number of hydrogen-bond donors (Lipinski definition) is 2. The molecule has 1 aliphatic carbocycles. The van der Waals surface area contributed by atoms with Gasteiger partial charge in [0.15, 0.2) is 0 Å². The summed E-state index contributed by atoms with van der Waals surface area (Å²) < 4.78 is 13.1. The topological polar surface area (TPSA) is 70.2 Å². The predicted molar refractivity (Wildman–Crippen MR) is 107 cm³/mol. The van der Waals surface area contributed by atoms with Gasteiger partial charge >= 0.3 is 0 Å². The monoisotopic (exact) mass is 383 g/mol. The third-order valence-electron chi connectivity index (χ3n) is 5.55. The molecule has 0 spiro atoms. The summed E-state index contributed by atoms with van der Waals surface area (Å²) in [7, 11) is 0. The number of halogens is 1. The molecule has 2 heterocycles. The SMILES string of the molecule is Cc1nc(NCCNC(=O)C2(c3ccc(F)cc3)CC2)cc(N2CCCC2)n1. The Balaban J connectivity index is 1.30. The second kappa shape index (κ2) is 7.73. The van der Waals surface area contributed by atoms with E-state index >= 15 is 0 Å². The fourth-order valence-electron chi connectivity index (χ4n) is 3.83. The lowest BCUT2D eigenvalue weighted by Crippen LogP contribution is -2.37. The number of rotatable bonds is 7. The van der Waals surface area contributed by atoms with Crippen molar-refractivity contribution in [1.29, 1.82) is 0 Å². The quantitative estimate of drug-likeness (QED) is 0.720. The normalized spacial score (nSPS) is 17.4. The number of anilines is 2. The minimum absolute atomic E-state index is 0.0116. The van der Waals surface area contributed by atoms with E-state index in [1.807, 2.05) is 13.0 Å². The van der Waals surface area contributed by atoms with Gasteiger partial charge in [-0.3, -0.25) is 4.79 Å². The van der Waals surface area contributed by atoms with Crippen LogP contribution < -0.4 is 15.5 Å². The van der Waals surface area contributed by atoms with Crippen molar-refractivity contribution in [3.05, 3.63) is 47.5 Å².